The van der Waals surface area contributed by atoms with Crippen molar-refractivity contribution in [1.82, 2.24) is 5.32 Å². The van der Waals surface area contributed by atoms with Crippen LogP contribution in [0.25, 0.3) is 0 Å². The smallest absolute Gasteiger partial charge is 0.253 e. The lowest BCUT2D eigenvalue weighted by Gasteiger charge is -2.18. The summed E-state index contributed by atoms with van der Waals surface area (Å²) < 4.78 is 5.21. The SMILES string of the molecule is CCC(C)Nc1cc(OOC)c(OC)cc1C(=O)NC. The number of hydrogen-bond acceptors (Lipinski definition) is 5. The molecule has 20 heavy (non-hydrogen) atoms. The summed E-state index contributed by atoms with van der Waals surface area (Å²) in [6.07, 6.45) is 0.930. The first kappa shape index (κ1) is 16.1. The van der Waals surface area contributed by atoms with Crippen LogP contribution in [0.5, 0.6) is 11.5 Å². The van der Waals surface area contributed by atoms with Gasteiger partial charge in [0, 0.05) is 19.2 Å². The number of carbonyl (C=O) groups excluding carboxylic acids is 1. The lowest BCUT2D eigenvalue weighted by Crippen LogP contribution is -2.22. The maximum atomic E-state index is 12.0. The average Bonchev–Trinajstić information content (AvgIpc) is 2.46. The van der Waals surface area contributed by atoms with E-state index in [0.717, 1.165) is 6.42 Å². The third kappa shape index (κ3) is 3.77. The van der Waals surface area contributed by atoms with Crippen molar-refractivity contribution in [2.45, 2.75) is 26.3 Å². The number of ether oxygens (including phenoxy) is 1. The van der Waals surface area contributed by atoms with Crippen LogP contribution in [-0.2, 0) is 4.89 Å². The fourth-order valence-corrected chi connectivity index (χ4v) is 1.68. The maximum absolute atomic E-state index is 12.0. The zero-order valence-electron chi connectivity index (χ0n) is 12.6. The van der Waals surface area contributed by atoms with E-state index in [1.807, 2.05) is 6.92 Å². The van der Waals surface area contributed by atoms with E-state index in [2.05, 4.69) is 22.4 Å². The Hall–Kier alpha value is -1.95. The fourth-order valence-electron chi connectivity index (χ4n) is 1.68. The molecule has 0 saturated carbocycles. The number of methoxy groups -OCH3 is 1. The first-order valence-corrected chi connectivity index (χ1v) is 6.48. The predicted octanol–water partition coefficient (Wildman–Crippen LogP) is 2.21. The van der Waals surface area contributed by atoms with Gasteiger partial charge < -0.3 is 20.3 Å². The van der Waals surface area contributed by atoms with Gasteiger partial charge in [0.1, 0.15) is 0 Å². The maximum Gasteiger partial charge on any atom is 0.253 e. The van der Waals surface area contributed by atoms with E-state index in [-0.39, 0.29) is 11.9 Å². The second-order valence-electron chi connectivity index (χ2n) is 4.33. The zero-order chi connectivity index (χ0) is 15.1. The Morgan fingerprint density at radius 3 is 2.50 bits per heavy atom. The molecule has 1 unspecified atom stereocenters. The standard InChI is InChI=1S/C14H22N2O4/c1-6-9(2)16-11-8-13(20-19-5)12(18-4)7-10(11)14(17)15-3/h7-9,16H,6H2,1-5H3,(H,15,17). The predicted molar refractivity (Wildman–Crippen MR) is 77.4 cm³/mol. The third-order valence-corrected chi connectivity index (χ3v) is 2.96. The molecule has 1 aromatic rings. The van der Waals surface area contributed by atoms with E-state index >= 15 is 0 Å². The van der Waals surface area contributed by atoms with Crippen LogP contribution in [0.3, 0.4) is 0 Å². The topological polar surface area (TPSA) is 68.8 Å². The van der Waals surface area contributed by atoms with Gasteiger partial charge in [0.2, 0.25) is 5.75 Å². The molecule has 0 radical (unpaired) electrons. The molecule has 0 aromatic heterocycles. The highest BCUT2D eigenvalue weighted by Gasteiger charge is 2.18. The molecule has 1 amide bonds. The highest BCUT2D eigenvalue weighted by molar-refractivity contribution is 6.00. The molecule has 1 rings (SSSR count). The molecule has 0 spiro atoms. The van der Waals surface area contributed by atoms with Gasteiger partial charge in [-0.1, -0.05) is 6.92 Å². The highest BCUT2D eigenvalue weighted by Crippen LogP contribution is 2.34. The molecule has 0 heterocycles. The largest absolute Gasteiger partial charge is 0.493 e. The average molecular weight is 282 g/mol. The molecule has 0 aliphatic rings. The van der Waals surface area contributed by atoms with Crippen LogP contribution in [0.2, 0.25) is 0 Å². The molecule has 0 saturated heterocycles. The number of carbonyl (C=O) groups is 1. The molecular formula is C14H22N2O4. The van der Waals surface area contributed by atoms with Crippen LogP contribution < -0.4 is 20.3 Å². The minimum absolute atomic E-state index is 0.196. The Morgan fingerprint density at radius 2 is 2.00 bits per heavy atom. The van der Waals surface area contributed by atoms with Gasteiger partial charge in [0.15, 0.2) is 5.75 Å². The second-order valence-corrected chi connectivity index (χ2v) is 4.33. The van der Waals surface area contributed by atoms with E-state index in [1.54, 1.807) is 19.2 Å². The first-order chi connectivity index (χ1) is 9.57. The quantitative estimate of drug-likeness (QED) is 0.593. The number of nitrogens with one attached hydrogen (secondary N) is 2. The first-order valence-electron chi connectivity index (χ1n) is 6.48. The Kier molecular flexibility index (Phi) is 6.11. The minimum atomic E-state index is -0.196. The van der Waals surface area contributed by atoms with Gasteiger partial charge in [-0.25, -0.2) is 0 Å². The van der Waals surface area contributed by atoms with Crippen LogP contribution >= 0.6 is 0 Å². The molecule has 2 N–H and O–H groups in total. The van der Waals surface area contributed by atoms with Gasteiger partial charge >= 0.3 is 0 Å². The molecule has 6 nitrogen and oxygen atoms in total. The monoisotopic (exact) mass is 282 g/mol. The van der Waals surface area contributed by atoms with Gasteiger partial charge in [0.25, 0.3) is 5.91 Å². The van der Waals surface area contributed by atoms with Crippen molar-refractivity contribution in [3.8, 4) is 11.5 Å². The van der Waals surface area contributed by atoms with Crippen LogP contribution in [-0.4, -0.2) is 33.2 Å². The van der Waals surface area contributed by atoms with Crippen molar-refractivity contribution in [3.05, 3.63) is 17.7 Å². The van der Waals surface area contributed by atoms with Gasteiger partial charge in [-0.15, -0.1) is 0 Å². The fraction of sp³-hybridized carbons (Fsp3) is 0.500. The summed E-state index contributed by atoms with van der Waals surface area (Å²) in [6, 6.07) is 3.54. The minimum Gasteiger partial charge on any atom is -0.493 e. The summed E-state index contributed by atoms with van der Waals surface area (Å²) in [7, 11) is 4.50. The second kappa shape index (κ2) is 7.59. The summed E-state index contributed by atoms with van der Waals surface area (Å²) >= 11 is 0. The Balaban J connectivity index is 3.27. The van der Waals surface area contributed by atoms with Crippen LogP contribution in [0.1, 0.15) is 30.6 Å². The van der Waals surface area contributed by atoms with E-state index in [4.69, 9.17) is 9.62 Å². The molecule has 0 fully saturated rings. The number of amides is 1. The van der Waals surface area contributed by atoms with Crippen molar-refractivity contribution in [2.24, 2.45) is 0 Å². The van der Waals surface area contributed by atoms with Gasteiger partial charge in [-0.3, -0.25) is 4.79 Å². The van der Waals surface area contributed by atoms with Crippen molar-refractivity contribution >= 4 is 11.6 Å². The van der Waals surface area contributed by atoms with Gasteiger partial charge in [-0.2, -0.15) is 4.89 Å². The van der Waals surface area contributed by atoms with E-state index in [0.29, 0.717) is 22.7 Å². The van der Waals surface area contributed by atoms with Crippen molar-refractivity contribution in [2.75, 3.05) is 26.6 Å². The summed E-state index contributed by atoms with van der Waals surface area (Å²) in [6.45, 7) is 4.10. The van der Waals surface area contributed by atoms with Gasteiger partial charge in [-0.05, 0) is 19.4 Å². The molecule has 0 aliphatic carbocycles. The number of anilines is 1. The molecular weight excluding hydrogens is 260 g/mol. The number of hydrogen-bond donors (Lipinski definition) is 2. The number of rotatable bonds is 7. The molecule has 112 valence electrons. The summed E-state index contributed by atoms with van der Waals surface area (Å²) in [5.41, 5.74) is 1.17. The van der Waals surface area contributed by atoms with Crippen molar-refractivity contribution in [1.29, 1.82) is 0 Å². The molecule has 0 aliphatic heterocycles. The van der Waals surface area contributed by atoms with Crippen molar-refractivity contribution in [3.63, 3.8) is 0 Å². The molecule has 6 heteroatoms. The van der Waals surface area contributed by atoms with E-state index < -0.39 is 0 Å². The summed E-state index contributed by atoms with van der Waals surface area (Å²) in [5, 5.41) is 5.88. The van der Waals surface area contributed by atoms with E-state index in [9.17, 15) is 4.79 Å². The third-order valence-electron chi connectivity index (χ3n) is 2.96. The summed E-state index contributed by atoms with van der Waals surface area (Å²) in [5.74, 6) is 0.645. The zero-order valence-corrected chi connectivity index (χ0v) is 12.6. The normalized spacial score (nSPS) is 11.7. The number of benzene rings is 1. The Labute approximate surface area is 119 Å². The Morgan fingerprint density at radius 1 is 1.30 bits per heavy atom. The lowest BCUT2D eigenvalue weighted by molar-refractivity contribution is -0.179. The molecule has 1 aromatic carbocycles. The summed E-state index contributed by atoms with van der Waals surface area (Å²) in [4.78, 5) is 21.7. The van der Waals surface area contributed by atoms with Crippen LogP contribution in [0.4, 0.5) is 5.69 Å². The molecule has 0 bridgehead atoms. The van der Waals surface area contributed by atoms with Crippen LogP contribution in [0, 0.1) is 0 Å². The van der Waals surface area contributed by atoms with Crippen LogP contribution in [0.15, 0.2) is 12.1 Å². The highest BCUT2D eigenvalue weighted by atomic mass is 17.2. The van der Waals surface area contributed by atoms with E-state index in [1.165, 1.54) is 14.2 Å². The van der Waals surface area contributed by atoms with Gasteiger partial charge in [0.05, 0.1) is 25.5 Å². The van der Waals surface area contributed by atoms with Crippen molar-refractivity contribution < 1.29 is 19.3 Å². The lowest BCUT2D eigenvalue weighted by atomic mass is 10.1. The Bertz CT molecular complexity index is 463. The molecule has 1 atom stereocenters.